The van der Waals surface area contributed by atoms with E-state index in [0.717, 1.165) is 27.5 Å². The van der Waals surface area contributed by atoms with Gasteiger partial charge in [-0.2, -0.15) is 9.61 Å². The summed E-state index contributed by atoms with van der Waals surface area (Å²) in [4.78, 5) is 8.48. The lowest BCUT2D eigenvalue weighted by atomic mass is 9.95. The van der Waals surface area contributed by atoms with Gasteiger partial charge in [0.2, 0.25) is 0 Å². The second-order valence-corrected chi connectivity index (χ2v) is 6.68. The Kier molecular flexibility index (Phi) is 5.30. The molecule has 0 unspecified atom stereocenters. The molecule has 1 aliphatic carbocycles. The first-order valence-corrected chi connectivity index (χ1v) is 8.87. The highest BCUT2D eigenvalue weighted by atomic mass is 79.9. The van der Waals surface area contributed by atoms with Crippen LogP contribution in [-0.2, 0) is 0 Å². The minimum absolute atomic E-state index is 0.479. The lowest BCUT2D eigenvalue weighted by Gasteiger charge is -2.23. The van der Waals surface area contributed by atoms with Gasteiger partial charge in [-0.1, -0.05) is 25.8 Å². The van der Waals surface area contributed by atoms with E-state index in [1.807, 2.05) is 6.07 Å². The van der Waals surface area contributed by atoms with Gasteiger partial charge in [-0.3, -0.25) is 4.99 Å². The summed E-state index contributed by atoms with van der Waals surface area (Å²) in [5.41, 5.74) is 1.50. The van der Waals surface area contributed by atoms with Crippen molar-refractivity contribution in [3.05, 3.63) is 41.3 Å². The molecule has 2 N–H and O–H groups in total. The molecule has 0 radical (unpaired) electrons. The van der Waals surface area contributed by atoms with Gasteiger partial charge in [0.1, 0.15) is 11.6 Å². The summed E-state index contributed by atoms with van der Waals surface area (Å²) >= 11 is 3.51. The second-order valence-electron chi connectivity index (χ2n) is 5.83. The number of hydrogen-bond donors (Lipinski definition) is 2. The van der Waals surface area contributed by atoms with Crippen molar-refractivity contribution in [2.75, 3.05) is 10.6 Å². The topological polar surface area (TPSA) is 66.6 Å². The summed E-state index contributed by atoms with van der Waals surface area (Å²) < 4.78 is 2.60. The van der Waals surface area contributed by atoms with Crippen LogP contribution in [-0.4, -0.2) is 27.4 Å². The normalized spacial score (nSPS) is 16.1. The number of halogens is 1. The molecular formula is C17H21BrN6. The molecule has 6 nitrogen and oxygen atoms in total. The Balaban J connectivity index is 1.95. The van der Waals surface area contributed by atoms with Crippen LogP contribution in [0.25, 0.3) is 5.65 Å². The highest BCUT2D eigenvalue weighted by Gasteiger charge is 2.16. The molecule has 1 fully saturated rings. The quantitative estimate of drug-likeness (QED) is 0.569. The molecule has 2 aromatic rings. The van der Waals surface area contributed by atoms with Crippen molar-refractivity contribution in [3.8, 4) is 0 Å². The Morgan fingerprint density at radius 2 is 2.17 bits per heavy atom. The summed E-state index contributed by atoms with van der Waals surface area (Å²) in [6, 6.07) is 2.44. The molecular weight excluding hydrogens is 368 g/mol. The molecule has 0 saturated heterocycles. The van der Waals surface area contributed by atoms with Crippen molar-refractivity contribution in [2.24, 2.45) is 4.99 Å². The average molecular weight is 389 g/mol. The number of rotatable bonds is 6. The van der Waals surface area contributed by atoms with Crippen LogP contribution in [0.1, 0.15) is 32.1 Å². The largest absolute Gasteiger partial charge is 0.367 e. The third-order valence-corrected chi connectivity index (χ3v) is 4.67. The monoisotopic (exact) mass is 388 g/mol. The fourth-order valence-electron chi connectivity index (χ4n) is 2.94. The second kappa shape index (κ2) is 7.61. The van der Waals surface area contributed by atoms with Crippen molar-refractivity contribution < 1.29 is 0 Å². The SMILES string of the molecule is C=C/C(=C\N=C)Nc1cc(NC2CCCCC2)nc2c(Br)cnn12. The van der Waals surface area contributed by atoms with Crippen molar-refractivity contribution in [2.45, 2.75) is 38.1 Å². The zero-order chi connectivity index (χ0) is 16.9. The van der Waals surface area contributed by atoms with E-state index in [9.17, 15) is 0 Å². The molecule has 0 aliphatic heterocycles. The van der Waals surface area contributed by atoms with E-state index in [2.05, 4.69) is 50.0 Å². The van der Waals surface area contributed by atoms with E-state index in [0.29, 0.717) is 6.04 Å². The highest BCUT2D eigenvalue weighted by Crippen LogP contribution is 2.26. The first-order valence-electron chi connectivity index (χ1n) is 8.07. The van der Waals surface area contributed by atoms with Gasteiger partial charge in [0.15, 0.2) is 5.65 Å². The molecule has 0 amide bonds. The van der Waals surface area contributed by atoms with Crippen LogP contribution in [0.15, 0.2) is 46.3 Å². The van der Waals surface area contributed by atoms with Gasteiger partial charge >= 0.3 is 0 Å². The molecule has 0 spiro atoms. The number of hydrogen-bond acceptors (Lipinski definition) is 5. The lowest BCUT2D eigenvalue weighted by molar-refractivity contribution is 0.462. The Bertz CT molecular complexity index is 773. The van der Waals surface area contributed by atoms with E-state index < -0.39 is 0 Å². The Labute approximate surface area is 149 Å². The lowest BCUT2D eigenvalue weighted by Crippen LogP contribution is -2.23. The molecule has 1 saturated carbocycles. The summed E-state index contributed by atoms with van der Waals surface area (Å²) in [6.45, 7) is 7.27. The molecule has 0 bridgehead atoms. The van der Waals surface area contributed by atoms with Gasteiger partial charge in [0.05, 0.1) is 16.4 Å². The summed E-state index contributed by atoms with van der Waals surface area (Å²) in [5, 5.41) is 11.2. The third kappa shape index (κ3) is 3.67. The summed E-state index contributed by atoms with van der Waals surface area (Å²) in [5.74, 6) is 1.63. The number of nitrogens with one attached hydrogen (secondary N) is 2. The van der Waals surface area contributed by atoms with Gasteiger partial charge in [-0.05, 0) is 41.6 Å². The number of allylic oxidation sites excluding steroid dienone is 1. The van der Waals surface area contributed by atoms with E-state index >= 15 is 0 Å². The molecule has 2 aromatic heterocycles. The Morgan fingerprint density at radius 1 is 1.38 bits per heavy atom. The molecule has 3 rings (SSSR count). The smallest absolute Gasteiger partial charge is 0.173 e. The van der Waals surface area contributed by atoms with Crippen LogP contribution in [0.5, 0.6) is 0 Å². The molecule has 2 heterocycles. The predicted molar refractivity (Wildman–Crippen MR) is 103 cm³/mol. The number of anilines is 2. The minimum Gasteiger partial charge on any atom is -0.367 e. The van der Waals surface area contributed by atoms with Gasteiger partial charge in [0.25, 0.3) is 0 Å². The van der Waals surface area contributed by atoms with Crippen LogP contribution in [0.2, 0.25) is 0 Å². The van der Waals surface area contributed by atoms with E-state index in [1.165, 1.54) is 32.1 Å². The molecule has 24 heavy (non-hydrogen) atoms. The van der Waals surface area contributed by atoms with Gasteiger partial charge < -0.3 is 10.6 Å². The van der Waals surface area contributed by atoms with Crippen molar-refractivity contribution in [3.63, 3.8) is 0 Å². The fourth-order valence-corrected chi connectivity index (χ4v) is 3.29. The van der Waals surface area contributed by atoms with Gasteiger partial charge in [-0.25, -0.2) is 4.98 Å². The maximum absolute atomic E-state index is 4.69. The van der Waals surface area contributed by atoms with E-state index in [-0.39, 0.29) is 0 Å². The highest BCUT2D eigenvalue weighted by molar-refractivity contribution is 9.10. The van der Waals surface area contributed by atoms with Crippen LogP contribution >= 0.6 is 15.9 Å². The standard InChI is InChI=1S/C17H21BrN6/c1-3-12(10-19-2)22-16-9-15(21-13-7-5-4-6-8-13)23-17-14(18)11-20-24(16)17/h3,9-11,13,22H,1-2,4-8H2,(H,21,23)/b12-10+. The van der Waals surface area contributed by atoms with Crippen molar-refractivity contribution >= 4 is 39.9 Å². The maximum atomic E-state index is 4.69. The molecule has 1 aliphatic rings. The van der Waals surface area contributed by atoms with Gasteiger partial charge in [-0.15, -0.1) is 0 Å². The number of fused-ring (bicyclic) bond motifs is 1. The fraction of sp³-hybridized carbons (Fsp3) is 0.353. The maximum Gasteiger partial charge on any atom is 0.173 e. The Morgan fingerprint density at radius 3 is 2.88 bits per heavy atom. The predicted octanol–water partition coefficient (Wildman–Crippen LogP) is 4.38. The van der Waals surface area contributed by atoms with Gasteiger partial charge in [0, 0.05) is 18.3 Å². The minimum atomic E-state index is 0.479. The zero-order valence-corrected chi connectivity index (χ0v) is 15.1. The summed E-state index contributed by atoms with van der Waals surface area (Å²) in [6.07, 6.45) is 11.3. The van der Waals surface area contributed by atoms with Crippen LogP contribution in [0.3, 0.4) is 0 Å². The Hall–Kier alpha value is -2.15. The molecule has 0 aromatic carbocycles. The summed E-state index contributed by atoms with van der Waals surface area (Å²) in [7, 11) is 0. The molecule has 126 valence electrons. The van der Waals surface area contributed by atoms with E-state index in [4.69, 9.17) is 4.98 Å². The molecule has 7 heteroatoms. The number of aromatic nitrogens is 3. The van der Waals surface area contributed by atoms with Crippen molar-refractivity contribution in [1.29, 1.82) is 0 Å². The first-order chi connectivity index (χ1) is 11.7. The number of nitrogens with zero attached hydrogens (tertiary/aromatic N) is 4. The van der Waals surface area contributed by atoms with Crippen LogP contribution in [0.4, 0.5) is 11.6 Å². The average Bonchev–Trinajstić information content (AvgIpc) is 2.97. The zero-order valence-electron chi connectivity index (χ0n) is 13.5. The first kappa shape index (κ1) is 16.7. The third-order valence-electron chi connectivity index (χ3n) is 4.11. The van der Waals surface area contributed by atoms with Crippen LogP contribution < -0.4 is 10.6 Å². The van der Waals surface area contributed by atoms with E-state index in [1.54, 1.807) is 23.0 Å². The van der Waals surface area contributed by atoms with Crippen LogP contribution in [0, 0.1) is 0 Å². The molecule has 0 atom stereocenters. The van der Waals surface area contributed by atoms with Crippen molar-refractivity contribution in [1.82, 2.24) is 14.6 Å². The number of aliphatic imine (C=N–C) groups is 1.